The second kappa shape index (κ2) is 5.93. The van der Waals surface area contributed by atoms with Gasteiger partial charge in [-0.05, 0) is 54.2 Å². The SMILES string of the molecule is CC1CCCCN1C(=O)c1cc(Cl)c2cccc(Br)c2n1. The minimum absolute atomic E-state index is 0.0262. The highest BCUT2D eigenvalue weighted by Crippen LogP contribution is 2.29. The van der Waals surface area contributed by atoms with Crippen LogP contribution in [-0.2, 0) is 0 Å². The highest BCUT2D eigenvalue weighted by Gasteiger charge is 2.25. The Morgan fingerprint density at radius 2 is 2.24 bits per heavy atom. The molecule has 1 amide bonds. The van der Waals surface area contributed by atoms with Crippen LogP contribution in [0.25, 0.3) is 10.9 Å². The average molecular weight is 368 g/mol. The number of carbonyl (C=O) groups excluding carboxylic acids is 1. The number of fused-ring (bicyclic) bond motifs is 1. The Morgan fingerprint density at radius 3 is 3.00 bits per heavy atom. The van der Waals surface area contributed by atoms with Gasteiger partial charge in [-0.1, -0.05) is 23.7 Å². The number of likely N-dealkylation sites (tertiary alicyclic amines) is 1. The molecule has 2 heterocycles. The van der Waals surface area contributed by atoms with Crippen LogP contribution in [0.4, 0.5) is 0 Å². The first-order chi connectivity index (χ1) is 10.1. The summed E-state index contributed by atoms with van der Waals surface area (Å²) in [5.41, 5.74) is 1.16. The van der Waals surface area contributed by atoms with Gasteiger partial charge in [-0.15, -0.1) is 0 Å². The van der Waals surface area contributed by atoms with Crippen molar-refractivity contribution in [1.29, 1.82) is 0 Å². The van der Waals surface area contributed by atoms with E-state index in [0.717, 1.165) is 34.8 Å². The standard InChI is InChI=1S/C16H16BrClN2O/c1-10-5-2-3-8-20(10)16(21)14-9-13(18)11-6-4-7-12(17)15(11)19-14/h4,6-7,9-10H,2-3,5,8H2,1H3. The number of nitrogens with zero attached hydrogens (tertiary/aromatic N) is 2. The first-order valence-electron chi connectivity index (χ1n) is 7.13. The van der Waals surface area contributed by atoms with Gasteiger partial charge in [-0.3, -0.25) is 4.79 Å². The van der Waals surface area contributed by atoms with Gasteiger partial charge in [0.2, 0.25) is 0 Å². The van der Waals surface area contributed by atoms with Crippen molar-refractivity contribution in [3.8, 4) is 0 Å². The number of aromatic nitrogens is 1. The lowest BCUT2D eigenvalue weighted by atomic mass is 10.0. The minimum atomic E-state index is -0.0262. The van der Waals surface area contributed by atoms with Crippen molar-refractivity contribution in [2.24, 2.45) is 0 Å². The lowest BCUT2D eigenvalue weighted by Gasteiger charge is -2.33. The minimum Gasteiger partial charge on any atom is -0.335 e. The molecule has 1 saturated heterocycles. The number of hydrogen-bond acceptors (Lipinski definition) is 2. The van der Waals surface area contributed by atoms with Gasteiger partial charge < -0.3 is 4.90 Å². The zero-order chi connectivity index (χ0) is 15.0. The van der Waals surface area contributed by atoms with E-state index in [1.165, 1.54) is 6.42 Å². The lowest BCUT2D eigenvalue weighted by molar-refractivity contribution is 0.0630. The molecule has 1 fully saturated rings. The number of para-hydroxylation sites is 1. The molecule has 5 heteroatoms. The molecule has 110 valence electrons. The van der Waals surface area contributed by atoms with Crippen molar-refractivity contribution in [1.82, 2.24) is 9.88 Å². The Bertz CT molecular complexity index is 704. The first-order valence-corrected chi connectivity index (χ1v) is 8.31. The van der Waals surface area contributed by atoms with Crippen LogP contribution in [-0.4, -0.2) is 28.4 Å². The van der Waals surface area contributed by atoms with E-state index < -0.39 is 0 Å². The van der Waals surface area contributed by atoms with Crippen LogP contribution in [0.1, 0.15) is 36.7 Å². The van der Waals surface area contributed by atoms with E-state index in [0.29, 0.717) is 10.7 Å². The van der Waals surface area contributed by atoms with Crippen LogP contribution in [0.3, 0.4) is 0 Å². The van der Waals surface area contributed by atoms with E-state index >= 15 is 0 Å². The Labute approximate surface area is 137 Å². The molecule has 1 aromatic heterocycles. The molecule has 0 spiro atoms. The molecule has 0 bridgehead atoms. The van der Waals surface area contributed by atoms with Gasteiger partial charge in [0.1, 0.15) is 5.69 Å². The van der Waals surface area contributed by atoms with E-state index in [4.69, 9.17) is 11.6 Å². The summed E-state index contributed by atoms with van der Waals surface area (Å²) >= 11 is 9.80. The normalized spacial score (nSPS) is 19.0. The fourth-order valence-corrected chi connectivity index (χ4v) is 3.54. The summed E-state index contributed by atoms with van der Waals surface area (Å²) in [5.74, 6) is -0.0262. The quantitative estimate of drug-likeness (QED) is 0.734. The summed E-state index contributed by atoms with van der Waals surface area (Å²) < 4.78 is 0.850. The van der Waals surface area contributed by atoms with Gasteiger partial charge >= 0.3 is 0 Å². The first kappa shape index (κ1) is 14.8. The van der Waals surface area contributed by atoms with Crippen molar-refractivity contribution in [3.63, 3.8) is 0 Å². The van der Waals surface area contributed by atoms with Crippen LogP contribution in [0.2, 0.25) is 5.02 Å². The van der Waals surface area contributed by atoms with Gasteiger partial charge in [-0.25, -0.2) is 4.98 Å². The number of rotatable bonds is 1. The van der Waals surface area contributed by atoms with Crippen molar-refractivity contribution in [2.75, 3.05) is 6.54 Å². The van der Waals surface area contributed by atoms with E-state index in [1.54, 1.807) is 6.07 Å². The maximum atomic E-state index is 12.7. The fourth-order valence-electron chi connectivity index (χ4n) is 2.83. The summed E-state index contributed by atoms with van der Waals surface area (Å²) in [4.78, 5) is 19.1. The average Bonchev–Trinajstić information content (AvgIpc) is 2.48. The molecule has 3 rings (SSSR count). The van der Waals surface area contributed by atoms with E-state index in [9.17, 15) is 4.79 Å². The molecule has 1 aromatic carbocycles. The third-order valence-electron chi connectivity index (χ3n) is 4.02. The Hall–Kier alpha value is -1.13. The number of benzene rings is 1. The zero-order valence-corrected chi connectivity index (χ0v) is 14.1. The molecule has 2 aromatic rings. The highest BCUT2D eigenvalue weighted by atomic mass is 79.9. The fraction of sp³-hybridized carbons (Fsp3) is 0.375. The molecule has 1 aliphatic heterocycles. The van der Waals surface area contributed by atoms with E-state index in [1.807, 2.05) is 23.1 Å². The van der Waals surface area contributed by atoms with Crippen molar-refractivity contribution in [3.05, 3.63) is 39.5 Å². The Morgan fingerprint density at radius 1 is 1.43 bits per heavy atom. The molecule has 1 atom stereocenters. The molecule has 0 aliphatic carbocycles. The third kappa shape index (κ3) is 2.79. The molecular weight excluding hydrogens is 352 g/mol. The predicted octanol–water partition coefficient (Wildman–Crippen LogP) is 4.67. The molecule has 0 N–H and O–H groups in total. The number of halogens is 2. The van der Waals surface area contributed by atoms with E-state index in [2.05, 4.69) is 27.8 Å². The molecule has 1 aliphatic rings. The summed E-state index contributed by atoms with van der Waals surface area (Å²) in [5, 5.41) is 1.42. The Balaban J connectivity index is 2.04. The summed E-state index contributed by atoms with van der Waals surface area (Å²) in [6, 6.07) is 7.67. The second-order valence-corrected chi connectivity index (χ2v) is 6.73. The molecular formula is C16H16BrClN2O. The second-order valence-electron chi connectivity index (χ2n) is 5.47. The van der Waals surface area contributed by atoms with Gasteiger partial charge in [0.15, 0.2) is 0 Å². The molecule has 3 nitrogen and oxygen atoms in total. The van der Waals surface area contributed by atoms with E-state index in [-0.39, 0.29) is 11.9 Å². The summed E-state index contributed by atoms with van der Waals surface area (Å²) in [6.07, 6.45) is 3.29. The number of piperidine rings is 1. The number of pyridine rings is 1. The monoisotopic (exact) mass is 366 g/mol. The van der Waals surface area contributed by atoms with Crippen molar-refractivity contribution < 1.29 is 4.79 Å². The topological polar surface area (TPSA) is 33.2 Å². The van der Waals surface area contributed by atoms with Gasteiger partial charge in [0.05, 0.1) is 10.5 Å². The van der Waals surface area contributed by atoms with Gasteiger partial charge in [0, 0.05) is 22.4 Å². The predicted molar refractivity (Wildman–Crippen MR) is 88.8 cm³/mol. The molecule has 0 radical (unpaired) electrons. The van der Waals surface area contributed by atoms with Gasteiger partial charge in [-0.2, -0.15) is 0 Å². The third-order valence-corrected chi connectivity index (χ3v) is 4.98. The van der Waals surface area contributed by atoms with Crippen LogP contribution < -0.4 is 0 Å². The number of hydrogen-bond donors (Lipinski definition) is 0. The Kier molecular flexibility index (Phi) is 4.18. The van der Waals surface area contributed by atoms with Crippen LogP contribution >= 0.6 is 27.5 Å². The summed E-state index contributed by atoms with van der Waals surface area (Å²) in [6.45, 7) is 2.89. The zero-order valence-electron chi connectivity index (χ0n) is 11.8. The number of carbonyl (C=O) groups is 1. The highest BCUT2D eigenvalue weighted by molar-refractivity contribution is 9.10. The largest absolute Gasteiger partial charge is 0.335 e. The van der Waals surface area contributed by atoms with Crippen LogP contribution in [0, 0.1) is 0 Å². The van der Waals surface area contributed by atoms with Crippen molar-refractivity contribution >= 4 is 44.3 Å². The maximum Gasteiger partial charge on any atom is 0.272 e. The van der Waals surface area contributed by atoms with Crippen LogP contribution in [0.5, 0.6) is 0 Å². The van der Waals surface area contributed by atoms with Gasteiger partial charge in [0.25, 0.3) is 5.91 Å². The lowest BCUT2D eigenvalue weighted by Crippen LogP contribution is -2.42. The molecule has 1 unspecified atom stereocenters. The maximum absolute atomic E-state index is 12.7. The molecule has 0 saturated carbocycles. The van der Waals surface area contributed by atoms with Crippen LogP contribution in [0.15, 0.2) is 28.7 Å². The van der Waals surface area contributed by atoms with Crippen molar-refractivity contribution in [2.45, 2.75) is 32.2 Å². The molecule has 21 heavy (non-hydrogen) atoms. The summed E-state index contributed by atoms with van der Waals surface area (Å²) in [7, 11) is 0. The number of amides is 1. The smallest absolute Gasteiger partial charge is 0.272 e.